The summed E-state index contributed by atoms with van der Waals surface area (Å²) in [7, 11) is 0. The van der Waals surface area contributed by atoms with E-state index in [0.717, 1.165) is 68.5 Å². The zero-order valence-corrected chi connectivity index (χ0v) is 17.1. The molecule has 2 aliphatic heterocycles. The highest BCUT2D eigenvalue weighted by Gasteiger charge is 2.70. The number of ether oxygens (including phenoxy) is 2. The maximum Gasteiger partial charge on any atom is 0.339 e. The Kier molecular flexibility index (Phi) is 4.01. The quantitative estimate of drug-likeness (QED) is 0.571. The molecule has 2 fully saturated rings. The average Bonchev–Trinajstić information content (AvgIpc) is 3.16. The Morgan fingerprint density at radius 2 is 2.18 bits per heavy atom. The smallest absolute Gasteiger partial charge is 0.339 e. The summed E-state index contributed by atoms with van der Waals surface area (Å²) in [6.07, 6.45) is 17.0. The maximum absolute atomic E-state index is 12.9. The lowest BCUT2D eigenvalue weighted by atomic mass is 9.46. The van der Waals surface area contributed by atoms with Gasteiger partial charge in [0.1, 0.15) is 17.1 Å². The molecular formula is C25H30O3. The van der Waals surface area contributed by atoms with Crippen molar-refractivity contribution >= 4 is 5.97 Å². The molecule has 0 aromatic carbocycles. The van der Waals surface area contributed by atoms with Crippen molar-refractivity contribution in [2.24, 2.45) is 17.3 Å². The minimum absolute atomic E-state index is 0.122. The van der Waals surface area contributed by atoms with E-state index in [-0.39, 0.29) is 23.2 Å². The normalized spacial score (nSPS) is 39.4. The minimum atomic E-state index is -0.492. The number of carbonyl (C=O) groups is 1. The van der Waals surface area contributed by atoms with Gasteiger partial charge in [0.15, 0.2) is 0 Å². The molecule has 6 rings (SSSR count). The summed E-state index contributed by atoms with van der Waals surface area (Å²) in [6, 6.07) is 0. The van der Waals surface area contributed by atoms with Crippen LogP contribution in [0.15, 0.2) is 59.1 Å². The molecule has 3 nitrogen and oxygen atoms in total. The number of carbonyl (C=O) groups excluding carboxylic acids is 1. The molecule has 1 saturated carbocycles. The van der Waals surface area contributed by atoms with E-state index < -0.39 is 5.60 Å². The van der Waals surface area contributed by atoms with Crippen LogP contribution in [0.3, 0.4) is 0 Å². The van der Waals surface area contributed by atoms with Crippen molar-refractivity contribution < 1.29 is 14.3 Å². The first-order valence-corrected chi connectivity index (χ1v) is 11.0. The zero-order chi connectivity index (χ0) is 19.5. The van der Waals surface area contributed by atoms with Crippen molar-refractivity contribution in [1.29, 1.82) is 0 Å². The lowest BCUT2D eigenvalue weighted by Crippen LogP contribution is -2.60. The molecule has 0 N–H and O–H groups in total. The van der Waals surface area contributed by atoms with E-state index >= 15 is 0 Å². The van der Waals surface area contributed by atoms with Crippen molar-refractivity contribution in [3.8, 4) is 0 Å². The van der Waals surface area contributed by atoms with Gasteiger partial charge in [-0.05, 0) is 50.2 Å². The lowest BCUT2D eigenvalue weighted by molar-refractivity contribution is -0.170. The molecule has 28 heavy (non-hydrogen) atoms. The second-order valence-corrected chi connectivity index (χ2v) is 8.94. The summed E-state index contributed by atoms with van der Waals surface area (Å²) in [5.41, 5.74) is 2.68. The van der Waals surface area contributed by atoms with Gasteiger partial charge in [-0.2, -0.15) is 0 Å². The highest BCUT2D eigenvalue weighted by atomic mass is 16.6. The Morgan fingerprint density at radius 1 is 1.32 bits per heavy atom. The number of hydrogen-bond donors (Lipinski definition) is 0. The number of allylic oxidation sites excluding steroid dienone is 4. The summed E-state index contributed by atoms with van der Waals surface area (Å²) in [4.78, 5) is 12.9. The Bertz CT molecular complexity index is 870. The van der Waals surface area contributed by atoms with Crippen LogP contribution in [0.2, 0.25) is 0 Å². The van der Waals surface area contributed by atoms with Gasteiger partial charge in [0.2, 0.25) is 0 Å². The van der Waals surface area contributed by atoms with E-state index in [1.54, 1.807) is 0 Å². The Labute approximate surface area is 167 Å². The molecular weight excluding hydrogens is 348 g/mol. The van der Waals surface area contributed by atoms with Crippen LogP contribution < -0.4 is 0 Å². The molecule has 2 heterocycles. The molecule has 2 spiro atoms. The maximum atomic E-state index is 12.9. The van der Waals surface area contributed by atoms with Crippen LogP contribution in [-0.4, -0.2) is 11.6 Å². The topological polar surface area (TPSA) is 35.5 Å². The summed E-state index contributed by atoms with van der Waals surface area (Å²) >= 11 is 0. The fraction of sp³-hybridized carbons (Fsp3) is 0.560. The molecule has 1 saturated heterocycles. The van der Waals surface area contributed by atoms with Gasteiger partial charge in [-0.3, -0.25) is 0 Å². The van der Waals surface area contributed by atoms with Crippen LogP contribution >= 0.6 is 0 Å². The largest absolute Gasteiger partial charge is 0.461 e. The fourth-order valence-corrected chi connectivity index (χ4v) is 6.68. The van der Waals surface area contributed by atoms with Gasteiger partial charge in [0, 0.05) is 17.4 Å². The van der Waals surface area contributed by atoms with Crippen LogP contribution in [0, 0.1) is 17.3 Å². The van der Waals surface area contributed by atoms with Gasteiger partial charge in [0.25, 0.3) is 0 Å². The van der Waals surface area contributed by atoms with Crippen LogP contribution in [0.25, 0.3) is 0 Å². The molecule has 0 aromatic heterocycles. The van der Waals surface area contributed by atoms with Gasteiger partial charge in [-0.1, -0.05) is 51.5 Å². The van der Waals surface area contributed by atoms with Gasteiger partial charge in [-0.15, -0.1) is 0 Å². The van der Waals surface area contributed by atoms with Gasteiger partial charge in [-0.25, -0.2) is 4.79 Å². The third-order valence-electron chi connectivity index (χ3n) is 7.65. The molecule has 0 radical (unpaired) electrons. The predicted molar refractivity (Wildman–Crippen MR) is 109 cm³/mol. The van der Waals surface area contributed by atoms with Gasteiger partial charge in [0.05, 0.1) is 11.0 Å². The first-order valence-electron chi connectivity index (χ1n) is 11.0. The van der Waals surface area contributed by atoms with Crippen LogP contribution in [0.1, 0.15) is 65.2 Å². The summed E-state index contributed by atoms with van der Waals surface area (Å²) < 4.78 is 12.7. The molecule has 3 heteroatoms. The average molecular weight is 379 g/mol. The molecule has 0 aromatic rings. The standard InChI is InChI=1S/C25H30O3/c1-4-6-12-22-24-14-13-17(15-20(24)16(3)27-22)25(21(24)9-5-2)19-11-8-7-10-18(19)23(26)28-25/h7,10,12,15,17,21H,3-6,8-9,11,13-14H2,1-2H3/b22-12-/t17-,21-,24-,25+/m1/s1. The number of esters is 1. The van der Waals surface area contributed by atoms with Crippen molar-refractivity contribution in [2.45, 2.75) is 70.8 Å². The van der Waals surface area contributed by atoms with Gasteiger partial charge < -0.3 is 9.47 Å². The van der Waals surface area contributed by atoms with Crippen LogP contribution in [0.4, 0.5) is 0 Å². The number of fused-ring (bicyclic) bond motifs is 1. The summed E-state index contributed by atoms with van der Waals surface area (Å²) in [6.45, 7) is 8.69. The highest BCUT2D eigenvalue weighted by molar-refractivity contribution is 5.96. The molecule has 0 amide bonds. The van der Waals surface area contributed by atoms with E-state index in [4.69, 9.17) is 9.47 Å². The number of unbranched alkanes of at least 4 members (excludes halogenated alkanes) is 1. The fourth-order valence-electron chi connectivity index (χ4n) is 6.68. The van der Waals surface area contributed by atoms with Crippen molar-refractivity contribution in [3.63, 3.8) is 0 Å². The van der Waals surface area contributed by atoms with E-state index in [1.807, 2.05) is 6.08 Å². The van der Waals surface area contributed by atoms with E-state index in [1.165, 1.54) is 11.1 Å². The SMILES string of the molecule is C=C1O/C(=C\CCC)[C@]23CC[C@H](C=C12)[C@@]1(OC(=O)C2=C1CCC=C2)[C@@H]3CCC. The highest BCUT2D eigenvalue weighted by Crippen LogP contribution is 2.71. The third-order valence-corrected chi connectivity index (χ3v) is 7.65. The van der Waals surface area contributed by atoms with Crippen molar-refractivity contribution in [3.05, 3.63) is 59.1 Å². The van der Waals surface area contributed by atoms with Crippen LogP contribution in [-0.2, 0) is 14.3 Å². The third kappa shape index (κ3) is 2.03. The number of rotatable bonds is 4. The molecule has 4 aliphatic carbocycles. The zero-order valence-electron chi connectivity index (χ0n) is 17.1. The Morgan fingerprint density at radius 3 is 2.96 bits per heavy atom. The van der Waals surface area contributed by atoms with E-state index in [0.29, 0.717) is 0 Å². The predicted octanol–water partition coefficient (Wildman–Crippen LogP) is 5.91. The Balaban J connectivity index is 1.74. The van der Waals surface area contributed by atoms with E-state index in [2.05, 4.69) is 38.7 Å². The number of hydrogen-bond acceptors (Lipinski definition) is 3. The minimum Gasteiger partial charge on any atom is -0.461 e. The van der Waals surface area contributed by atoms with E-state index in [9.17, 15) is 4.79 Å². The molecule has 0 unspecified atom stereocenters. The molecule has 4 atom stereocenters. The molecule has 2 bridgehead atoms. The molecule has 6 aliphatic rings. The Hall–Kier alpha value is -2.03. The van der Waals surface area contributed by atoms with Gasteiger partial charge >= 0.3 is 5.97 Å². The lowest BCUT2D eigenvalue weighted by Gasteiger charge is -2.58. The monoisotopic (exact) mass is 378 g/mol. The first kappa shape index (κ1) is 18.0. The van der Waals surface area contributed by atoms with Crippen LogP contribution in [0.5, 0.6) is 0 Å². The first-order chi connectivity index (χ1) is 13.6. The second-order valence-electron chi connectivity index (χ2n) is 8.94. The summed E-state index contributed by atoms with van der Waals surface area (Å²) in [5, 5.41) is 0. The molecule has 148 valence electrons. The van der Waals surface area contributed by atoms with Crippen molar-refractivity contribution in [1.82, 2.24) is 0 Å². The van der Waals surface area contributed by atoms with Crippen molar-refractivity contribution in [2.75, 3.05) is 0 Å². The summed E-state index contributed by atoms with van der Waals surface area (Å²) in [5.74, 6) is 2.22. The second kappa shape index (κ2) is 6.23.